The predicted molar refractivity (Wildman–Crippen MR) is 173 cm³/mol. The molecule has 0 aliphatic carbocycles. The molecule has 2 aromatic heterocycles. The Bertz CT molecular complexity index is 2090. The largest absolute Gasteiger partial charge is 0.510 e. The number of halogens is 6. The number of nitrogens with zero attached hydrogens (tertiary/aromatic N) is 4. The Labute approximate surface area is 297 Å². The molecule has 0 aliphatic rings. The number of pyridine rings is 2. The standard InChI is InChI=1S/C33H18F6N6O9/c34-32(35,36)29(46)42-27-19(13-23(15-25(27)44(49)50)21-5-1-9-40-17-21)7-3-11-53-31(48)54-12-4-8-20-14-24(22-6-2-10-41-18-22)16-26(45(51)52)28(20)43-30(47)33(37,38)39/h1-2,5-6,9-10,13-18H,11-12H2,(H,42,46)(H,43,47). The number of nitro groups is 2. The van der Waals surface area contributed by atoms with E-state index in [0.29, 0.717) is 11.1 Å². The number of carbonyl (C=O) groups excluding carboxylic acids is 3. The van der Waals surface area contributed by atoms with Crippen LogP contribution in [0.3, 0.4) is 0 Å². The lowest BCUT2D eigenvalue weighted by Gasteiger charge is -2.12. The van der Waals surface area contributed by atoms with Crippen molar-refractivity contribution in [1.82, 2.24) is 9.97 Å². The van der Waals surface area contributed by atoms with Crippen molar-refractivity contribution in [3.8, 4) is 45.9 Å². The zero-order chi connectivity index (χ0) is 39.6. The molecule has 2 aromatic carbocycles. The van der Waals surface area contributed by atoms with Crippen molar-refractivity contribution in [3.05, 3.63) is 105 Å². The Morgan fingerprint density at radius 2 is 1.06 bits per heavy atom. The number of ether oxygens (including phenoxy) is 2. The minimum Gasteiger partial charge on any atom is -0.421 e. The van der Waals surface area contributed by atoms with Gasteiger partial charge in [0.05, 0.1) is 21.0 Å². The van der Waals surface area contributed by atoms with Crippen LogP contribution >= 0.6 is 0 Å². The zero-order valence-electron chi connectivity index (χ0n) is 26.6. The van der Waals surface area contributed by atoms with Gasteiger partial charge in [0.1, 0.15) is 11.4 Å². The van der Waals surface area contributed by atoms with Crippen LogP contribution in [0.4, 0.5) is 53.9 Å². The number of aromatic nitrogens is 2. The van der Waals surface area contributed by atoms with Crippen molar-refractivity contribution in [1.29, 1.82) is 0 Å². The first-order valence-electron chi connectivity index (χ1n) is 14.4. The number of hydrogen-bond donors (Lipinski definition) is 2. The van der Waals surface area contributed by atoms with Crippen molar-refractivity contribution in [2.45, 2.75) is 12.4 Å². The lowest BCUT2D eigenvalue weighted by molar-refractivity contribution is -0.384. The summed E-state index contributed by atoms with van der Waals surface area (Å²) in [6, 6.07) is 9.95. The van der Waals surface area contributed by atoms with Crippen LogP contribution in [0.2, 0.25) is 0 Å². The van der Waals surface area contributed by atoms with Crippen molar-refractivity contribution < 1.29 is 60.0 Å². The van der Waals surface area contributed by atoms with Gasteiger partial charge in [0.2, 0.25) is 0 Å². The summed E-state index contributed by atoms with van der Waals surface area (Å²) >= 11 is 0. The van der Waals surface area contributed by atoms with Gasteiger partial charge in [-0.15, -0.1) is 0 Å². The average Bonchev–Trinajstić information content (AvgIpc) is 3.12. The monoisotopic (exact) mass is 756 g/mol. The number of nitro benzene ring substituents is 2. The fraction of sp³-hybridized carbons (Fsp3) is 0.121. The van der Waals surface area contributed by atoms with Gasteiger partial charge in [-0.3, -0.25) is 39.8 Å². The minimum atomic E-state index is -5.42. The molecule has 0 aliphatic heterocycles. The number of nitrogens with one attached hydrogen (secondary N) is 2. The smallest absolute Gasteiger partial charge is 0.421 e. The summed E-state index contributed by atoms with van der Waals surface area (Å²) in [5, 5.41) is 26.4. The molecule has 4 aromatic rings. The molecular formula is C33H18F6N6O9. The summed E-state index contributed by atoms with van der Waals surface area (Å²) in [5.74, 6) is 4.01. The predicted octanol–water partition coefficient (Wildman–Crippen LogP) is 6.19. The third-order valence-electron chi connectivity index (χ3n) is 6.58. The second-order valence-electron chi connectivity index (χ2n) is 10.2. The molecule has 0 radical (unpaired) electrons. The van der Waals surface area contributed by atoms with Gasteiger partial charge < -0.3 is 20.1 Å². The molecule has 15 nitrogen and oxygen atoms in total. The summed E-state index contributed by atoms with van der Waals surface area (Å²) < 4.78 is 87.6. The number of carbonyl (C=O) groups is 3. The third kappa shape index (κ3) is 10.3. The number of alkyl halides is 6. The summed E-state index contributed by atoms with van der Waals surface area (Å²) in [6.45, 7) is -1.65. The minimum absolute atomic E-state index is 0.0837. The van der Waals surface area contributed by atoms with E-state index in [-0.39, 0.29) is 11.1 Å². The van der Waals surface area contributed by atoms with Crippen LogP contribution in [0.1, 0.15) is 11.1 Å². The van der Waals surface area contributed by atoms with Gasteiger partial charge in [-0.2, -0.15) is 26.3 Å². The molecule has 0 saturated heterocycles. The first kappa shape index (κ1) is 39.2. The molecular weight excluding hydrogens is 738 g/mol. The van der Waals surface area contributed by atoms with Crippen molar-refractivity contribution >= 4 is 40.7 Å². The fourth-order valence-corrected chi connectivity index (χ4v) is 4.26. The molecule has 0 bridgehead atoms. The Balaban J connectivity index is 1.55. The topological polar surface area (TPSA) is 206 Å². The highest BCUT2D eigenvalue weighted by Gasteiger charge is 2.41. The van der Waals surface area contributed by atoms with Crippen LogP contribution in [-0.2, 0) is 19.1 Å². The SMILES string of the molecule is O=C(OCC#Cc1cc(-c2cccnc2)cc([N+](=O)[O-])c1NC(=O)C(F)(F)F)OCC#Cc1cc(-c2cccnc2)cc([N+](=O)[O-])c1NC(=O)C(F)(F)F. The maximum atomic E-state index is 13.0. The molecule has 2 amide bonds. The number of hydrogen-bond acceptors (Lipinski definition) is 11. The number of benzene rings is 2. The molecule has 276 valence electrons. The van der Waals surface area contributed by atoms with Crippen LogP contribution in [0.25, 0.3) is 22.3 Å². The highest BCUT2D eigenvalue weighted by atomic mass is 19.4. The molecule has 0 atom stereocenters. The first-order valence-corrected chi connectivity index (χ1v) is 14.4. The lowest BCUT2D eigenvalue weighted by atomic mass is 10.0. The normalized spacial score (nSPS) is 10.8. The van der Waals surface area contributed by atoms with E-state index in [0.717, 1.165) is 24.3 Å². The summed E-state index contributed by atoms with van der Waals surface area (Å²) in [6.07, 6.45) is -6.92. The molecule has 0 saturated carbocycles. The van der Waals surface area contributed by atoms with Crippen LogP contribution in [0, 0.1) is 43.9 Å². The van der Waals surface area contributed by atoms with Gasteiger partial charge in [0.25, 0.3) is 11.4 Å². The van der Waals surface area contributed by atoms with E-state index >= 15 is 0 Å². The Morgan fingerprint density at radius 1 is 0.667 bits per heavy atom. The maximum absolute atomic E-state index is 13.0. The van der Waals surface area contributed by atoms with E-state index in [1.807, 2.05) is 0 Å². The number of rotatable bonds is 8. The van der Waals surface area contributed by atoms with Crippen LogP contribution in [0.15, 0.2) is 73.3 Å². The molecule has 0 spiro atoms. The molecule has 2 heterocycles. The van der Waals surface area contributed by atoms with E-state index in [1.54, 1.807) is 0 Å². The Hall–Kier alpha value is -7.55. The Kier molecular flexibility index (Phi) is 12.1. The van der Waals surface area contributed by atoms with E-state index in [9.17, 15) is 61.0 Å². The summed E-state index contributed by atoms with van der Waals surface area (Å²) in [7, 11) is 0. The van der Waals surface area contributed by atoms with E-state index in [4.69, 9.17) is 9.47 Å². The fourth-order valence-electron chi connectivity index (χ4n) is 4.26. The van der Waals surface area contributed by atoms with E-state index in [2.05, 4.69) is 33.6 Å². The van der Waals surface area contributed by atoms with Gasteiger partial charge in [0, 0.05) is 48.0 Å². The average molecular weight is 757 g/mol. The van der Waals surface area contributed by atoms with Gasteiger partial charge >= 0.3 is 30.3 Å². The van der Waals surface area contributed by atoms with Crippen molar-refractivity contribution in [2.75, 3.05) is 23.8 Å². The van der Waals surface area contributed by atoms with Gasteiger partial charge in [-0.1, -0.05) is 35.8 Å². The second-order valence-corrected chi connectivity index (χ2v) is 10.2. The quantitative estimate of drug-likeness (QED) is 0.0682. The van der Waals surface area contributed by atoms with E-state index in [1.165, 1.54) is 59.7 Å². The van der Waals surface area contributed by atoms with Gasteiger partial charge in [-0.05, 0) is 35.4 Å². The molecule has 54 heavy (non-hydrogen) atoms. The maximum Gasteiger partial charge on any atom is 0.510 e. The molecule has 2 N–H and O–H groups in total. The Morgan fingerprint density at radius 3 is 1.37 bits per heavy atom. The third-order valence-corrected chi connectivity index (χ3v) is 6.58. The van der Waals surface area contributed by atoms with E-state index < -0.39 is 87.3 Å². The summed E-state index contributed by atoms with van der Waals surface area (Å²) in [4.78, 5) is 64.7. The van der Waals surface area contributed by atoms with Crippen LogP contribution < -0.4 is 10.6 Å². The molecule has 4 rings (SSSR count). The van der Waals surface area contributed by atoms with Gasteiger partial charge in [0.15, 0.2) is 13.2 Å². The second kappa shape index (κ2) is 16.6. The van der Waals surface area contributed by atoms with Gasteiger partial charge in [-0.25, -0.2) is 4.79 Å². The molecule has 21 heteroatoms. The molecule has 0 unspecified atom stereocenters. The van der Waals surface area contributed by atoms with Crippen LogP contribution in [-0.4, -0.2) is 63.4 Å². The van der Waals surface area contributed by atoms with Crippen LogP contribution in [0.5, 0.6) is 0 Å². The van der Waals surface area contributed by atoms with Crippen molar-refractivity contribution in [3.63, 3.8) is 0 Å². The lowest BCUT2D eigenvalue weighted by Crippen LogP contribution is -2.30. The summed E-state index contributed by atoms with van der Waals surface area (Å²) in [5.41, 5.74) is -3.89. The highest BCUT2D eigenvalue weighted by Crippen LogP contribution is 2.36. The number of amides is 2. The van der Waals surface area contributed by atoms with Crippen molar-refractivity contribution in [2.24, 2.45) is 0 Å². The first-order chi connectivity index (χ1) is 25.5. The molecule has 0 fully saturated rings. The zero-order valence-corrected chi connectivity index (χ0v) is 26.6. The highest BCUT2D eigenvalue weighted by molar-refractivity contribution is 6.00. The number of anilines is 2.